The zero-order valence-corrected chi connectivity index (χ0v) is 7.20. The van der Waals surface area contributed by atoms with Gasteiger partial charge in [0.25, 0.3) is 0 Å². The molecule has 2 rings (SSSR count). The lowest BCUT2D eigenvalue weighted by atomic mass is 10.2. The minimum Gasteiger partial charge on any atom is -0.465 e. The normalized spacial score (nSPS) is 10.2. The molecule has 0 aromatic carbocycles. The van der Waals surface area contributed by atoms with Gasteiger partial charge in [0.2, 0.25) is 0 Å². The smallest absolute Gasteiger partial charge is 0.339 e. The van der Waals surface area contributed by atoms with E-state index in [0.717, 1.165) is 11.3 Å². The molecule has 1 aliphatic carbocycles. The molecule has 66 valence electrons. The second-order valence-corrected chi connectivity index (χ2v) is 2.74. The molecule has 1 N–H and O–H groups in total. The Balaban J connectivity index is 2.55. The Bertz CT molecular complexity index is 405. The van der Waals surface area contributed by atoms with Crippen molar-refractivity contribution < 1.29 is 9.53 Å². The molecule has 3 heteroatoms. The molecule has 1 aliphatic heterocycles. The molecule has 1 heterocycles. The van der Waals surface area contributed by atoms with E-state index < -0.39 is 0 Å². The number of aromatic nitrogens is 1. The Kier molecular flexibility index (Phi) is 1.77. The predicted octanol–water partition coefficient (Wildman–Crippen LogP) is 1.91. The van der Waals surface area contributed by atoms with Crippen LogP contribution in [0.2, 0.25) is 0 Å². The van der Waals surface area contributed by atoms with Gasteiger partial charge in [-0.15, -0.1) is 0 Å². The number of nitrogens with one attached hydrogen (secondary N) is 1. The number of pyridine rings is 1. The van der Waals surface area contributed by atoms with Crippen LogP contribution in [0.5, 0.6) is 0 Å². The molecule has 0 aromatic rings. The number of methoxy groups -OCH3 is 1. The third-order valence-electron chi connectivity index (χ3n) is 1.99. The van der Waals surface area contributed by atoms with E-state index in [2.05, 4.69) is 9.72 Å². The zero-order chi connectivity index (χ0) is 9.26. The van der Waals surface area contributed by atoms with Crippen molar-refractivity contribution in [2.24, 2.45) is 0 Å². The maximum absolute atomic E-state index is 11.2. The van der Waals surface area contributed by atoms with Crippen molar-refractivity contribution in [1.29, 1.82) is 0 Å². The maximum Gasteiger partial charge on any atom is 0.339 e. The Hall–Kier alpha value is -1.77. The van der Waals surface area contributed by atoms with Gasteiger partial charge in [-0.3, -0.25) is 0 Å². The fourth-order valence-electron chi connectivity index (χ4n) is 1.36. The van der Waals surface area contributed by atoms with Crippen LogP contribution in [0.1, 0.15) is 10.4 Å². The molecule has 0 amide bonds. The van der Waals surface area contributed by atoms with Crippen molar-refractivity contribution >= 4 is 5.97 Å². The molecule has 0 fully saturated rings. The first-order chi connectivity index (χ1) is 6.33. The summed E-state index contributed by atoms with van der Waals surface area (Å²) in [5, 5.41) is 0. The van der Waals surface area contributed by atoms with Gasteiger partial charge < -0.3 is 9.72 Å². The minimum absolute atomic E-state index is 0.308. The summed E-state index contributed by atoms with van der Waals surface area (Å²) >= 11 is 0. The third kappa shape index (κ3) is 1.18. The van der Waals surface area contributed by atoms with Crippen molar-refractivity contribution in [3.63, 3.8) is 0 Å². The summed E-state index contributed by atoms with van der Waals surface area (Å²) in [4.78, 5) is 14.3. The molecule has 0 atom stereocenters. The molecule has 0 radical (unpaired) electrons. The summed E-state index contributed by atoms with van der Waals surface area (Å²) in [6.45, 7) is 0. The number of fused-ring (bicyclic) bond motifs is 1. The summed E-state index contributed by atoms with van der Waals surface area (Å²) < 4.78 is 4.64. The summed E-state index contributed by atoms with van der Waals surface area (Å²) in [5.74, 6) is -0.308. The quantitative estimate of drug-likeness (QED) is 0.672. The number of rotatable bonds is 1. The minimum atomic E-state index is -0.308. The third-order valence-corrected chi connectivity index (χ3v) is 1.99. The highest BCUT2D eigenvalue weighted by molar-refractivity contribution is 5.97. The Morgan fingerprint density at radius 2 is 2.23 bits per heavy atom. The van der Waals surface area contributed by atoms with Crippen LogP contribution in [-0.4, -0.2) is 18.1 Å². The van der Waals surface area contributed by atoms with Crippen LogP contribution < -0.4 is 0 Å². The van der Waals surface area contributed by atoms with Crippen LogP contribution in [0.3, 0.4) is 0 Å². The van der Waals surface area contributed by atoms with Crippen LogP contribution in [-0.2, 0) is 4.74 Å². The Labute approximate surface area is 75.7 Å². The number of ether oxygens (including phenoxy) is 1. The summed E-state index contributed by atoms with van der Waals surface area (Å²) in [6, 6.07) is 7.48. The molecule has 0 aromatic heterocycles. The second kappa shape index (κ2) is 2.94. The predicted molar refractivity (Wildman–Crippen MR) is 48.8 cm³/mol. The molecular weight excluding hydrogens is 166 g/mol. The molecule has 0 bridgehead atoms. The van der Waals surface area contributed by atoms with Crippen LogP contribution in [0.4, 0.5) is 0 Å². The second-order valence-electron chi connectivity index (χ2n) is 2.74. The van der Waals surface area contributed by atoms with Crippen molar-refractivity contribution in [3.05, 3.63) is 36.0 Å². The fourth-order valence-corrected chi connectivity index (χ4v) is 1.36. The first-order valence-electron chi connectivity index (χ1n) is 3.97. The molecule has 0 saturated heterocycles. The van der Waals surface area contributed by atoms with Crippen LogP contribution in [0.25, 0.3) is 11.3 Å². The molecule has 0 saturated carbocycles. The van der Waals surface area contributed by atoms with Gasteiger partial charge in [-0.25, -0.2) is 4.79 Å². The first kappa shape index (κ1) is 7.86. The monoisotopic (exact) mass is 175 g/mol. The van der Waals surface area contributed by atoms with E-state index in [1.54, 1.807) is 12.3 Å². The van der Waals surface area contributed by atoms with E-state index in [0.29, 0.717) is 5.56 Å². The number of H-pyrrole nitrogens is 1. The van der Waals surface area contributed by atoms with Gasteiger partial charge in [-0.1, -0.05) is 12.1 Å². The van der Waals surface area contributed by atoms with Gasteiger partial charge >= 0.3 is 5.97 Å². The van der Waals surface area contributed by atoms with E-state index in [9.17, 15) is 4.79 Å². The number of esters is 1. The molecule has 13 heavy (non-hydrogen) atoms. The zero-order valence-electron chi connectivity index (χ0n) is 7.20. The standard InChI is InChI=1S/C10H9NO2/c1-13-10(12)8-5-4-7-3-2-6-11-9(7)8/h2-6,11H,1H3. The van der Waals surface area contributed by atoms with Gasteiger partial charge in [0.05, 0.1) is 18.4 Å². The highest BCUT2D eigenvalue weighted by Crippen LogP contribution is 2.25. The van der Waals surface area contributed by atoms with E-state index in [-0.39, 0.29) is 5.97 Å². The van der Waals surface area contributed by atoms with Gasteiger partial charge in [0.15, 0.2) is 0 Å². The van der Waals surface area contributed by atoms with E-state index >= 15 is 0 Å². The maximum atomic E-state index is 11.2. The number of carbonyl (C=O) groups excluding carboxylic acids is 1. The average molecular weight is 175 g/mol. The summed E-state index contributed by atoms with van der Waals surface area (Å²) in [6.07, 6.45) is 1.79. The van der Waals surface area contributed by atoms with Gasteiger partial charge in [-0.05, 0) is 17.7 Å². The summed E-state index contributed by atoms with van der Waals surface area (Å²) in [5.41, 5.74) is 2.43. The highest BCUT2D eigenvalue weighted by atomic mass is 16.5. The highest BCUT2D eigenvalue weighted by Gasteiger charge is 2.15. The Morgan fingerprint density at radius 1 is 1.38 bits per heavy atom. The molecule has 3 nitrogen and oxygen atoms in total. The number of hydrogen-bond donors (Lipinski definition) is 1. The van der Waals surface area contributed by atoms with Crippen LogP contribution in [0.15, 0.2) is 30.5 Å². The van der Waals surface area contributed by atoms with Gasteiger partial charge in [0, 0.05) is 6.20 Å². The topological polar surface area (TPSA) is 42.1 Å². The van der Waals surface area contributed by atoms with Crippen molar-refractivity contribution in [2.75, 3.05) is 7.11 Å². The fraction of sp³-hybridized carbons (Fsp3) is 0.100. The average Bonchev–Trinajstić information content (AvgIpc) is 2.60. The van der Waals surface area contributed by atoms with Crippen LogP contribution in [0, 0.1) is 0 Å². The van der Waals surface area contributed by atoms with Crippen molar-refractivity contribution in [1.82, 2.24) is 4.98 Å². The summed E-state index contributed by atoms with van der Waals surface area (Å²) in [7, 11) is 1.38. The molecule has 0 spiro atoms. The van der Waals surface area contributed by atoms with Gasteiger partial charge in [-0.2, -0.15) is 0 Å². The number of aromatic amines is 1. The molecular formula is C10H9NO2. The lowest BCUT2D eigenvalue weighted by Crippen LogP contribution is -2.01. The Morgan fingerprint density at radius 3 is 3.00 bits per heavy atom. The van der Waals surface area contributed by atoms with Crippen molar-refractivity contribution in [3.8, 4) is 11.3 Å². The van der Waals surface area contributed by atoms with Crippen LogP contribution >= 0.6 is 0 Å². The van der Waals surface area contributed by atoms with E-state index in [4.69, 9.17) is 0 Å². The lowest BCUT2D eigenvalue weighted by molar-refractivity contribution is 0.0602. The molecule has 2 aliphatic rings. The lowest BCUT2D eigenvalue weighted by Gasteiger charge is -2.01. The first-order valence-corrected chi connectivity index (χ1v) is 3.97. The number of carbonyl (C=O) groups is 1. The van der Waals surface area contributed by atoms with E-state index in [1.165, 1.54) is 7.11 Å². The largest absolute Gasteiger partial charge is 0.465 e. The number of hydrogen-bond acceptors (Lipinski definition) is 2. The van der Waals surface area contributed by atoms with E-state index in [1.807, 2.05) is 18.2 Å². The SMILES string of the molecule is COC(=O)c1ccc2ccc[nH]c1-2. The van der Waals surface area contributed by atoms with Gasteiger partial charge in [0.1, 0.15) is 0 Å². The molecule has 0 unspecified atom stereocenters. The van der Waals surface area contributed by atoms with Crippen molar-refractivity contribution in [2.45, 2.75) is 0 Å².